The summed E-state index contributed by atoms with van der Waals surface area (Å²) in [6, 6.07) is 9.32. The van der Waals surface area contributed by atoms with E-state index in [0.717, 1.165) is 24.3 Å². The number of amides is 1. The van der Waals surface area contributed by atoms with Crippen LogP contribution in [-0.2, 0) is 20.5 Å². The average molecular weight is 398 g/mol. The van der Waals surface area contributed by atoms with Gasteiger partial charge in [0.2, 0.25) is 5.91 Å². The highest BCUT2D eigenvalue weighted by Gasteiger charge is 2.62. The predicted molar refractivity (Wildman–Crippen MR) is 115 cm³/mol. The molecule has 158 valence electrons. The van der Waals surface area contributed by atoms with Gasteiger partial charge in [0.05, 0.1) is 24.2 Å². The summed E-state index contributed by atoms with van der Waals surface area (Å²) in [5.41, 5.74) is 7.62. The lowest BCUT2D eigenvalue weighted by Crippen LogP contribution is -2.59. The molecule has 0 radical (unpaired) electrons. The Morgan fingerprint density at radius 1 is 1.24 bits per heavy atom. The molecule has 3 saturated carbocycles. The summed E-state index contributed by atoms with van der Waals surface area (Å²) in [6.45, 7) is 9.03. The molecule has 29 heavy (non-hydrogen) atoms. The number of carbonyl (C=O) groups excluding carboxylic acids is 1. The Bertz CT molecular complexity index is 726. The Labute approximate surface area is 175 Å². The van der Waals surface area contributed by atoms with Gasteiger partial charge >= 0.3 is 7.12 Å². The molecule has 3 aliphatic carbocycles. The van der Waals surface area contributed by atoms with Crippen molar-refractivity contribution in [3.63, 3.8) is 0 Å². The smallest absolute Gasteiger partial charge is 0.404 e. The third-order valence-corrected chi connectivity index (χ3v) is 7.44. The monoisotopic (exact) mass is 398 g/mol. The minimum Gasteiger partial charge on any atom is -0.404 e. The lowest BCUT2D eigenvalue weighted by atomic mass is 9.47. The van der Waals surface area contributed by atoms with Crippen molar-refractivity contribution in [3.8, 4) is 0 Å². The maximum absolute atomic E-state index is 12.8. The van der Waals surface area contributed by atoms with Crippen LogP contribution in [0.2, 0.25) is 0 Å². The molecule has 4 fully saturated rings. The molecule has 3 N–H and O–H groups in total. The Morgan fingerprint density at radius 3 is 2.62 bits per heavy atom. The van der Waals surface area contributed by atoms with Crippen LogP contribution in [0.25, 0.3) is 0 Å². The Kier molecular flexibility index (Phi) is 5.80. The van der Waals surface area contributed by atoms with Gasteiger partial charge in [-0.05, 0) is 54.4 Å². The molecule has 1 aromatic rings. The number of hydrogen-bond acceptors (Lipinski definition) is 4. The van der Waals surface area contributed by atoms with Gasteiger partial charge in [0, 0.05) is 0 Å². The molecule has 1 aliphatic heterocycles. The van der Waals surface area contributed by atoms with Gasteiger partial charge in [0.15, 0.2) is 0 Å². The van der Waals surface area contributed by atoms with E-state index in [1.807, 2.05) is 30.3 Å². The average Bonchev–Trinajstić information content (AvgIpc) is 3.11. The van der Waals surface area contributed by atoms with E-state index >= 15 is 0 Å². The van der Waals surface area contributed by atoms with Crippen LogP contribution in [0.4, 0.5) is 0 Å². The number of benzene rings is 1. The lowest BCUT2D eigenvalue weighted by molar-refractivity contribution is -0.150. The molecule has 1 saturated heterocycles. The minimum atomic E-state index is -0.581. The van der Waals surface area contributed by atoms with Crippen molar-refractivity contribution in [3.05, 3.63) is 35.9 Å². The van der Waals surface area contributed by atoms with Gasteiger partial charge in [-0.3, -0.25) is 4.79 Å². The maximum atomic E-state index is 12.8. The van der Waals surface area contributed by atoms with Gasteiger partial charge in [0.1, 0.15) is 0 Å². The second kappa shape index (κ2) is 8.05. The molecular formula is C23H35BN2O3. The van der Waals surface area contributed by atoms with Crippen molar-refractivity contribution in [1.29, 1.82) is 0 Å². The van der Waals surface area contributed by atoms with Gasteiger partial charge in [-0.2, -0.15) is 0 Å². The van der Waals surface area contributed by atoms with E-state index in [4.69, 9.17) is 15.0 Å². The third-order valence-electron chi connectivity index (χ3n) is 7.44. The van der Waals surface area contributed by atoms with Crippen molar-refractivity contribution in [1.82, 2.24) is 5.32 Å². The number of rotatable bonds is 7. The largest absolute Gasteiger partial charge is 0.481 e. The summed E-state index contributed by atoms with van der Waals surface area (Å²) in [7, 11) is -0.379. The van der Waals surface area contributed by atoms with Gasteiger partial charge in [-0.1, -0.05) is 58.0 Å². The van der Waals surface area contributed by atoms with Gasteiger partial charge < -0.3 is 20.4 Å². The molecule has 0 aromatic heterocycles. The van der Waals surface area contributed by atoms with E-state index in [1.54, 1.807) is 0 Å². The number of nitrogens with two attached hydrogens (primary N) is 1. The fourth-order valence-electron chi connectivity index (χ4n) is 5.55. The molecule has 5 rings (SSSR count). The summed E-state index contributed by atoms with van der Waals surface area (Å²) >= 11 is 0. The summed E-state index contributed by atoms with van der Waals surface area (Å²) in [5.74, 6) is 1.41. The van der Waals surface area contributed by atoms with Crippen LogP contribution in [-0.4, -0.2) is 37.2 Å². The maximum Gasteiger partial charge on any atom is 0.481 e. The molecular weight excluding hydrogens is 363 g/mol. The van der Waals surface area contributed by atoms with Crippen LogP contribution in [0, 0.1) is 23.2 Å². The Balaban J connectivity index is 1.40. The number of hydrogen-bond donors (Lipinski definition) is 2. The first-order valence-corrected chi connectivity index (χ1v) is 11.2. The fourth-order valence-corrected chi connectivity index (χ4v) is 5.55. The molecule has 4 aliphatic rings. The van der Waals surface area contributed by atoms with E-state index in [-0.39, 0.29) is 31.2 Å². The third kappa shape index (κ3) is 4.12. The first-order valence-electron chi connectivity index (χ1n) is 11.2. The van der Waals surface area contributed by atoms with Crippen molar-refractivity contribution in [2.75, 3.05) is 0 Å². The molecule has 6 heteroatoms. The molecule has 5 nitrogen and oxygen atoms in total. The fraction of sp³-hybridized carbons (Fsp3) is 0.696. The van der Waals surface area contributed by atoms with E-state index < -0.39 is 6.04 Å². The summed E-state index contributed by atoms with van der Waals surface area (Å²) in [6.07, 6.45) is 3.97. The standard InChI is InChI=1S/C23H35BN2O3/c1-14(2)10-20(26-22(27)18(25)11-15-8-6-5-7-9-15)24-28-19-13-16-12-17(21(19)29-24)23(16,3)4/h5-9,14,16-21H,10-13,25H2,1-4H3,(H,26,27)/t16?,17?,18?,19?,20-,21?/m0/s1. The molecule has 1 heterocycles. The normalized spacial score (nSPS) is 31.7. The zero-order chi connectivity index (χ0) is 20.8. The molecule has 6 atom stereocenters. The number of nitrogens with one attached hydrogen (secondary N) is 1. The summed E-state index contributed by atoms with van der Waals surface area (Å²) in [5, 5.41) is 3.16. The van der Waals surface area contributed by atoms with Gasteiger partial charge in [-0.25, -0.2) is 0 Å². The first-order chi connectivity index (χ1) is 13.8. The summed E-state index contributed by atoms with van der Waals surface area (Å²) in [4.78, 5) is 12.8. The summed E-state index contributed by atoms with van der Waals surface area (Å²) < 4.78 is 12.8. The minimum absolute atomic E-state index is 0.133. The van der Waals surface area contributed by atoms with Crippen LogP contribution in [0.5, 0.6) is 0 Å². The molecule has 0 spiro atoms. The van der Waals surface area contributed by atoms with Crippen molar-refractivity contribution in [2.24, 2.45) is 28.9 Å². The highest BCUT2D eigenvalue weighted by molar-refractivity contribution is 6.47. The molecule has 5 unspecified atom stereocenters. The second-order valence-electron chi connectivity index (χ2n) is 10.3. The van der Waals surface area contributed by atoms with Gasteiger partial charge in [0.25, 0.3) is 0 Å². The van der Waals surface area contributed by atoms with E-state index in [0.29, 0.717) is 23.7 Å². The SMILES string of the molecule is CC(C)C[C@H](NC(=O)C(N)Cc1ccccc1)B1OC2CC3CC(C2O1)C3(C)C. The van der Waals surface area contributed by atoms with Crippen LogP contribution >= 0.6 is 0 Å². The zero-order valence-corrected chi connectivity index (χ0v) is 18.1. The molecule has 1 aromatic carbocycles. The van der Waals surface area contributed by atoms with Crippen LogP contribution in [0.3, 0.4) is 0 Å². The zero-order valence-electron chi connectivity index (χ0n) is 18.1. The van der Waals surface area contributed by atoms with Crippen molar-refractivity contribution < 1.29 is 14.1 Å². The Morgan fingerprint density at radius 2 is 1.97 bits per heavy atom. The predicted octanol–water partition coefficient (Wildman–Crippen LogP) is 2.96. The Hall–Kier alpha value is -1.37. The topological polar surface area (TPSA) is 73.6 Å². The highest BCUT2D eigenvalue weighted by Crippen LogP contribution is 2.61. The number of carbonyl (C=O) groups is 1. The lowest BCUT2D eigenvalue weighted by Gasteiger charge is -2.60. The van der Waals surface area contributed by atoms with Crippen LogP contribution in [0.1, 0.15) is 52.5 Å². The highest BCUT2D eigenvalue weighted by atomic mass is 16.7. The van der Waals surface area contributed by atoms with Gasteiger partial charge in [-0.15, -0.1) is 0 Å². The van der Waals surface area contributed by atoms with E-state index in [9.17, 15) is 4.79 Å². The van der Waals surface area contributed by atoms with E-state index in [1.165, 1.54) is 6.42 Å². The quantitative estimate of drug-likeness (QED) is 0.693. The van der Waals surface area contributed by atoms with Crippen molar-refractivity contribution >= 4 is 13.0 Å². The second-order valence-corrected chi connectivity index (χ2v) is 10.3. The van der Waals surface area contributed by atoms with Crippen LogP contribution < -0.4 is 11.1 Å². The van der Waals surface area contributed by atoms with Crippen molar-refractivity contribution in [2.45, 2.75) is 77.6 Å². The first kappa shape index (κ1) is 20.9. The molecule has 2 bridgehead atoms. The van der Waals surface area contributed by atoms with Crippen LogP contribution in [0.15, 0.2) is 30.3 Å². The molecule has 1 amide bonds. The van der Waals surface area contributed by atoms with E-state index in [2.05, 4.69) is 33.0 Å².